The molecule has 0 radical (unpaired) electrons. The Kier molecular flexibility index (Phi) is 10.1. The normalized spacial score (nSPS) is 10.2. The van der Waals surface area contributed by atoms with Crippen molar-refractivity contribution in [2.24, 2.45) is 0 Å². The van der Waals surface area contributed by atoms with Crippen molar-refractivity contribution in [3.63, 3.8) is 0 Å². The summed E-state index contributed by atoms with van der Waals surface area (Å²) in [5, 5.41) is 33.4. The van der Waals surface area contributed by atoms with Gasteiger partial charge in [0.15, 0.2) is 5.75 Å². The summed E-state index contributed by atoms with van der Waals surface area (Å²) in [6.45, 7) is 16.2. The van der Waals surface area contributed by atoms with E-state index in [1.807, 2.05) is 54.6 Å². The molecule has 0 saturated carbocycles. The minimum atomic E-state index is -0.555. The zero-order valence-electron chi connectivity index (χ0n) is 23.7. The van der Waals surface area contributed by atoms with Gasteiger partial charge in [0, 0.05) is 23.4 Å². The van der Waals surface area contributed by atoms with E-state index in [0.717, 1.165) is 28.1 Å². The van der Waals surface area contributed by atoms with Crippen LogP contribution < -0.4 is 20.7 Å². The van der Waals surface area contributed by atoms with E-state index in [1.165, 1.54) is 0 Å². The molecule has 8 heteroatoms. The van der Waals surface area contributed by atoms with Crippen LogP contribution in [-0.2, 0) is 11.2 Å². The van der Waals surface area contributed by atoms with Crippen molar-refractivity contribution in [1.82, 2.24) is 0 Å². The third kappa shape index (κ3) is 8.90. The number of benzene rings is 3. The number of anilines is 3. The van der Waals surface area contributed by atoms with E-state index in [1.54, 1.807) is 32.9 Å². The lowest BCUT2D eigenvalue weighted by molar-refractivity contribution is -0.130. The molecule has 0 bridgehead atoms. The molecular formula is C33H36N6O2. The molecule has 3 aromatic carbocycles. The first-order chi connectivity index (χ1) is 19.4. The van der Waals surface area contributed by atoms with Gasteiger partial charge in [0.2, 0.25) is 0 Å². The van der Waals surface area contributed by atoms with E-state index in [-0.39, 0.29) is 23.0 Å². The molecule has 0 amide bonds. The summed E-state index contributed by atoms with van der Waals surface area (Å²) >= 11 is 0. The predicted octanol–water partition coefficient (Wildman–Crippen LogP) is 7.79. The number of hydrogen-bond acceptors (Lipinski definition) is 5. The van der Waals surface area contributed by atoms with Crippen molar-refractivity contribution < 1.29 is 9.53 Å². The number of esters is 1. The van der Waals surface area contributed by atoms with Crippen LogP contribution in [0.15, 0.2) is 103 Å². The lowest BCUT2D eigenvalue weighted by atomic mass is 10.0. The summed E-state index contributed by atoms with van der Waals surface area (Å²) in [6.07, 6.45) is 1.25. The average Bonchev–Trinajstić information content (AvgIpc) is 2.93. The summed E-state index contributed by atoms with van der Waals surface area (Å²) < 4.78 is 5.54. The molecule has 0 heterocycles. The first-order valence-electron chi connectivity index (χ1n) is 13.0. The lowest BCUT2D eigenvalue weighted by Gasteiger charge is -2.15. The number of ether oxygens (including phenoxy) is 1. The van der Waals surface area contributed by atoms with Crippen molar-refractivity contribution in [2.45, 2.75) is 33.6 Å². The van der Waals surface area contributed by atoms with Crippen LogP contribution in [-0.4, -0.2) is 23.5 Å². The van der Waals surface area contributed by atoms with Gasteiger partial charge in [-0.05, 0) is 91.4 Å². The Morgan fingerprint density at radius 3 is 1.83 bits per heavy atom. The summed E-state index contributed by atoms with van der Waals surface area (Å²) in [4.78, 5) is 12.2. The van der Waals surface area contributed by atoms with E-state index in [4.69, 9.17) is 21.0 Å². The number of carbonyl (C=O) groups is 1. The molecule has 210 valence electrons. The van der Waals surface area contributed by atoms with E-state index >= 15 is 0 Å². The number of hydrogen-bond donors (Lipinski definition) is 6. The van der Waals surface area contributed by atoms with Crippen molar-refractivity contribution >= 4 is 40.5 Å². The zero-order chi connectivity index (χ0) is 30.1. The number of rotatable bonds is 11. The lowest BCUT2D eigenvalue weighted by Crippen LogP contribution is -2.14. The molecule has 0 aliphatic rings. The van der Waals surface area contributed by atoms with Crippen molar-refractivity contribution in [3.05, 3.63) is 109 Å². The van der Waals surface area contributed by atoms with Crippen LogP contribution in [0.4, 0.5) is 17.1 Å². The Morgan fingerprint density at radius 2 is 1.24 bits per heavy atom. The summed E-state index contributed by atoms with van der Waals surface area (Å²) in [5.41, 5.74) is 6.38. The Bertz CT molecular complexity index is 1520. The fourth-order valence-corrected chi connectivity index (χ4v) is 3.58. The molecule has 6 N–H and O–H groups in total. The fourth-order valence-electron chi connectivity index (χ4n) is 3.58. The second-order valence-corrected chi connectivity index (χ2v) is 9.82. The van der Waals surface area contributed by atoms with Gasteiger partial charge < -0.3 is 20.7 Å². The Hall–Kier alpha value is -5.24. The van der Waals surface area contributed by atoms with Gasteiger partial charge in [0.1, 0.15) is 11.7 Å². The highest BCUT2D eigenvalue weighted by Gasteiger charge is 2.14. The third-order valence-corrected chi connectivity index (χ3v) is 6.05. The van der Waals surface area contributed by atoms with Crippen LogP contribution in [0.1, 0.15) is 32.8 Å². The first-order valence-corrected chi connectivity index (χ1v) is 13.0. The molecule has 3 aromatic rings. The highest BCUT2D eigenvalue weighted by molar-refractivity contribution is 6.06. The van der Waals surface area contributed by atoms with Gasteiger partial charge >= 0.3 is 5.97 Å². The van der Waals surface area contributed by atoms with Gasteiger partial charge in [-0.25, -0.2) is 4.79 Å². The topological polar surface area (TPSA) is 134 Å². The van der Waals surface area contributed by atoms with Gasteiger partial charge in [-0.1, -0.05) is 50.1 Å². The SMILES string of the molecule is C=C(C)C(=N)Nc1ccc(CCC(=N)Nc2ccc(-c3ccc(NC(=N)C(=C)C)c(OC(=O)C(=C)C)c3)cc2)cc1. The minimum absolute atomic E-state index is 0.122. The summed E-state index contributed by atoms with van der Waals surface area (Å²) in [6, 6.07) is 20.8. The molecule has 3 rings (SSSR count). The van der Waals surface area contributed by atoms with E-state index in [2.05, 4.69) is 35.7 Å². The molecule has 0 aromatic heterocycles. The molecule has 41 heavy (non-hydrogen) atoms. The van der Waals surface area contributed by atoms with Crippen LogP contribution in [0.2, 0.25) is 0 Å². The fraction of sp³-hybridized carbons (Fsp3) is 0.152. The quantitative estimate of drug-likeness (QED) is 0.0478. The number of nitrogens with one attached hydrogen (secondary N) is 6. The van der Waals surface area contributed by atoms with E-state index < -0.39 is 5.97 Å². The molecule has 0 aliphatic carbocycles. The maximum absolute atomic E-state index is 12.2. The predicted molar refractivity (Wildman–Crippen MR) is 171 cm³/mol. The molecule has 0 fully saturated rings. The van der Waals surface area contributed by atoms with Gasteiger partial charge in [0.05, 0.1) is 11.5 Å². The van der Waals surface area contributed by atoms with Gasteiger partial charge in [-0.15, -0.1) is 0 Å². The van der Waals surface area contributed by atoms with Crippen molar-refractivity contribution in [2.75, 3.05) is 16.0 Å². The molecule has 0 saturated heterocycles. The van der Waals surface area contributed by atoms with Crippen LogP contribution >= 0.6 is 0 Å². The summed E-state index contributed by atoms with van der Waals surface area (Å²) in [7, 11) is 0. The molecule has 0 aliphatic heterocycles. The van der Waals surface area contributed by atoms with Crippen LogP contribution in [0.25, 0.3) is 11.1 Å². The number of aryl methyl sites for hydroxylation is 1. The standard InChI is InChI=1S/C33H36N6O2/c1-20(2)31(35)38-27-13-7-23(8-14-27)9-18-30(34)37-26-15-10-24(11-16-26)25-12-17-28(39-32(36)21(3)4)29(19-25)41-33(40)22(5)6/h7-8,10-17,19H,1,3,5,9,18H2,2,4,6H3,(H2,34,37)(H2,35,38)(H2,36,39). The summed E-state index contributed by atoms with van der Waals surface area (Å²) in [5.74, 6) is 0.533. The van der Waals surface area contributed by atoms with Crippen LogP contribution in [0, 0.1) is 16.2 Å². The Labute approximate surface area is 241 Å². The zero-order valence-corrected chi connectivity index (χ0v) is 23.7. The molecule has 0 unspecified atom stereocenters. The van der Waals surface area contributed by atoms with Crippen molar-refractivity contribution in [3.8, 4) is 16.9 Å². The van der Waals surface area contributed by atoms with E-state index in [0.29, 0.717) is 35.5 Å². The number of amidine groups is 3. The van der Waals surface area contributed by atoms with Gasteiger partial charge in [0.25, 0.3) is 0 Å². The highest BCUT2D eigenvalue weighted by Crippen LogP contribution is 2.32. The molecule has 8 nitrogen and oxygen atoms in total. The minimum Gasteiger partial charge on any atom is -0.421 e. The van der Waals surface area contributed by atoms with Crippen LogP contribution in [0.5, 0.6) is 5.75 Å². The van der Waals surface area contributed by atoms with Gasteiger partial charge in [-0.3, -0.25) is 16.2 Å². The monoisotopic (exact) mass is 548 g/mol. The molecular weight excluding hydrogens is 512 g/mol. The van der Waals surface area contributed by atoms with E-state index in [9.17, 15) is 4.79 Å². The Morgan fingerprint density at radius 1 is 0.707 bits per heavy atom. The largest absolute Gasteiger partial charge is 0.421 e. The highest BCUT2D eigenvalue weighted by atomic mass is 16.5. The second-order valence-electron chi connectivity index (χ2n) is 9.82. The molecule has 0 atom stereocenters. The van der Waals surface area contributed by atoms with Gasteiger partial charge in [-0.2, -0.15) is 0 Å². The molecule has 0 spiro atoms. The number of carbonyl (C=O) groups excluding carboxylic acids is 1. The average molecular weight is 549 g/mol. The third-order valence-electron chi connectivity index (χ3n) is 6.05. The second kappa shape index (κ2) is 13.7. The Balaban J connectivity index is 1.64. The van der Waals surface area contributed by atoms with Crippen LogP contribution in [0.3, 0.4) is 0 Å². The maximum Gasteiger partial charge on any atom is 0.338 e. The smallest absolute Gasteiger partial charge is 0.338 e. The maximum atomic E-state index is 12.2. The first kappa shape index (κ1) is 30.3. The van der Waals surface area contributed by atoms with Crippen molar-refractivity contribution in [1.29, 1.82) is 16.2 Å².